The number of aryl methyl sites for hydroxylation is 2. The summed E-state index contributed by atoms with van der Waals surface area (Å²) in [5, 5.41) is 3.15. The molecule has 1 aromatic carbocycles. The molecular formula is C16H18F3NO. The van der Waals surface area contributed by atoms with Crippen molar-refractivity contribution < 1.29 is 17.6 Å². The molecule has 21 heavy (non-hydrogen) atoms. The first-order valence-electron chi connectivity index (χ1n) is 6.88. The highest BCUT2D eigenvalue weighted by Crippen LogP contribution is 2.30. The van der Waals surface area contributed by atoms with Gasteiger partial charge in [0.05, 0.1) is 6.04 Å². The van der Waals surface area contributed by atoms with E-state index in [0.29, 0.717) is 24.1 Å². The van der Waals surface area contributed by atoms with Crippen molar-refractivity contribution in [2.24, 2.45) is 0 Å². The van der Waals surface area contributed by atoms with E-state index >= 15 is 0 Å². The minimum Gasteiger partial charge on any atom is -0.466 e. The molecule has 0 aliphatic carbocycles. The quantitative estimate of drug-likeness (QED) is 0.827. The van der Waals surface area contributed by atoms with Crippen molar-refractivity contribution in [2.75, 3.05) is 6.54 Å². The average Bonchev–Trinajstić information content (AvgIpc) is 2.75. The first-order chi connectivity index (χ1) is 9.93. The van der Waals surface area contributed by atoms with Gasteiger partial charge in [0.25, 0.3) is 0 Å². The molecule has 0 spiro atoms. The molecule has 0 saturated heterocycles. The molecule has 2 rings (SSSR count). The molecule has 2 nitrogen and oxygen atoms in total. The summed E-state index contributed by atoms with van der Waals surface area (Å²) in [4.78, 5) is 0. The van der Waals surface area contributed by atoms with Gasteiger partial charge in [-0.3, -0.25) is 0 Å². The van der Waals surface area contributed by atoms with Gasteiger partial charge in [0.2, 0.25) is 0 Å². The Morgan fingerprint density at radius 3 is 2.24 bits per heavy atom. The van der Waals surface area contributed by atoms with E-state index in [1.165, 1.54) is 0 Å². The zero-order valence-electron chi connectivity index (χ0n) is 12.3. The molecule has 5 heteroatoms. The minimum atomic E-state index is -1.19. The van der Waals surface area contributed by atoms with Crippen molar-refractivity contribution in [2.45, 2.75) is 33.2 Å². The van der Waals surface area contributed by atoms with E-state index in [-0.39, 0.29) is 5.56 Å². The highest BCUT2D eigenvalue weighted by atomic mass is 19.2. The molecule has 0 aliphatic rings. The molecule has 0 saturated carbocycles. The maximum atomic E-state index is 14.1. The normalized spacial score (nSPS) is 12.7. The van der Waals surface area contributed by atoms with Crippen molar-refractivity contribution in [3.63, 3.8) is 0 Å². The molecule has 1 atom stereocenters. The predicted molar refractivity (Wildman–Crippen MR) is 74.6 cm³/mol. The van der Waals surface area contributed by atoms with Gasteiger partial charge in [-0.25, -0.2) is 13.2 Å². The van der Waals surface area contributed by atoms with Crippen LogP contribution in [0.1, 0.15) is 42.0 Å². The summed E-state index contributed by atoms with van der Waals surface area (Å²) in [6.45, 7) is 6.14. The molecular weight excluding hydrogens is 279 g/mol. The molecule has 114 valence electrons. The molecule has 1 heterocycles. The van der Waals surface area contributed by atoms with Gasteiger partial charge in [-0.1, -0.05) is 6.92 Å². The monoisotopic (exact) mass is 297 g/mol. The third kappa shape index (κ3) is 3.29. The number of nitrogens with one attached hydrogen (secondary N) is 1. The van der Waals surface area contributed by atoms with Crippen LogP contribution in [0.15, 0.2) is 22.6 Å². The fourth-order valence-electron chi connectivity index (χ4n) is 2.37. The number of rotatable bonds is 5. The van der Waals surface area contributed by atoms with E-state index in [9.17, 15) is 13.2 Å². The zero-order chi connectivity index (χ0) is 15.6. The third-order valence-electron chi connectivity index (χ3n) is 3.34. The lowest BCUT2D eigenvalue weighted by atomic mass is 9.98. The van der Waals surface area contributed by atoms with Crippen LogP contribution in [0.25, 0.3) is 0 Å². The highest BCUT2D eigenvalue weighted by Gasteiger charge is 2.23. The summed E-state index contributed by atoms with van der Waals surface area (Å²) in [5.74, 6) is -1.71. The van der Waals surface area contributed by atoms with E-state index < -0.39 is 23.5 Å². The lowest BCUT2D eigenvalue weighted by Gasteiger charge is -2.19. The van der Waals surface area contributed by atoms with Crippen LogP contribution in [-0.2, 0) is 0 Å². The molecule has 0 aliphatic heterocycles. The second-order valence-electron chi connectivity index (χ2n) is 5.04. The average molecular weight is 297 g/mol. The predicted octanol–water partition coefficient (Wildman–Crippen LogP) is 4.40. The van der Waals surface area contributed by atoms with E-state index in [0.717, 1.165) is 18.1 Å². The summed E-state index contributed by atoms with van der Waals surface area (Å²) in [7, 11) is 0. The van der Waals surface area contributed by atoms with Gasteiger partial charge in [0.15, 0.2) is 11.6 Å². The minimum absolute atomic E-state index is 0.0752. The highest BCUT2D eigenvalue weighted by molar-refractivity contribution is 5.35. The number of benzene rings is 1. The first kappa shape index (κ1) is 15.6. The molecule has 0 bridgehead atoms. The summed E-state index contributed by atoms with van der Waals surface area (Å²) >= 11 is 0. The Morgan fingerprint density at radius 1 is 1.00 bits per heavy atom. The second-order valence-corrected chi connectivity index (χ2v) is 5.04. The lowest BCUT2D eigenvalue weighted by molar-refractivity contribution is 0.472. The Balaban J connectivity index is 2.50. The Bertz CT molecular complexity index is 637. The summed E-state index contributed by atoms with van der Waals surface area (Å²) < 4.78 is 46.1. The standard InChI is InChI=1S/C16H18F3NO/c1-4-5-20-16(11-6-9(2)21-10(11)3)12-7-14(18)15(19)8-13(12)17/h6-8,16,20H,4-5H2,1-3H3. The van der Waals surface area contributed by atoms with Crippen LogP contribution in [0, 0.1) is 31.3 Å². The van der Waals surface area contributed by atoms with Crippen LogP contribution in [-0.4, -0.2) is 6.54 Å². The molecule has 0 fully saturated rings. The summed E-state index contributed by atoms with van der Waals surface area (Å²) in [5.41, 5.74) is 0.803. The first-order valence-corrected chi connectivity index (χ1v) is 6.88. The number of hydrogen-bond donors (Lipinski definition) is 1. The van der Waals surface area contributed by atoms with Crippen molar-refractivity contribution in [1.82, 2.24) is 5.32 Å². The summed E-state index contributed by atoms with van der Waals surface area (Å²) in [6, 6.07) is 2.69. The van der Waals surface area contributed by atoms with Crippen LogP contribution in [0.4, 0.5) is 13.2 Å². The Hall–Kier alpha value is -1.75. The summed E-state index contributed by atoms with van der Waals surface area (Å²) in [6.07, 6.45) is 0.831. The zero-order valence-corrected chi connectivity index (χ0v) is 12.3. The van der Waals surface area contributed by atoms with Gasteiger partial charge in [0, 0.05) is 17.2 Å². The van der Waals surface area contributed by atoms with Crippen LogP contribution in [0.3, 0.4) is 0 Å². The van der Waals surface area contributed by atoms with Crippen LogP contribution < -0.4 is 5.32 Å². The van der Waals surface area contributed by atoms with Gasteiger partial charge in [-0.2, -0.15) is 0 Å². The van der Waals surface area contributed by atoms with Gasteiger partial charge in [-0.15, -0.1) is 0 Å². The number of hydrogen-bond acceptors (Lipinski definition) is 2. The van der Waals surface area contributed by atoms with Gasteiger partial charge in [-0.05, 0) is 38.9 Å². The fraction of sp³-hybridized carbons (Fsp3) is 0.375. The van der Waals surface area contributed by atoms with E-state index in [1.807, 2.05) is 6.92 Å². The Morgan fingerprint density at radius 2 is 1.67 bits per heavy atom. The maximum absolute atomic E-state index is 14.1. The molecule has 0 radical (unpaired) electrons. The molecule has 1 N–H and O–H groups in total. The lowest BCUT2D eigenvalue weighted by Crippen LogP contribution is -2.24. The topological polar surface area (TPSA) is 25.2 Å². The van der Waals surface area contributed by atoms with E-state index in [4.69, 9.17) is 4.42 Å². The molecule has 1 unspecified atom stereocenters. The second kappa shape index (κ2) is 6.35. The third-order valence-corrected chi connectivity index (χ3v) is 3.34. The van der Waals surface area contributed by atoms with E-state index in [1.54, 1.807) is 19.9 Å². The van der Waals surface area contributed by atoms with Gasteiger partial charge >= 0.3 is 0 Å². The number of halogens is 3. The Kier molecular flexibility index (Phi) is 4.73. The smallest absolute Gasteiger partial charge is 0.161 e. The molecule has 2 aromatic rings. The van der Waals surface area contributed by atoms with E-state index in [2.05, 4.69) is 5.32 Å². The Labute approximate surface area is 122 Å². The maximum Gasteiger partial charge on any atom is 0.161 e. The van der Waals surface area contributed by atoms with Gasteiger partial charge in [0.1, 0.15) is 17.3 Å². The van der Waals surface area contributed by atoms with Crippen LogP contribution >= 0.6 is 0 Å². The number of furan rings is 1. The van der Waals surface area contributed by atoms with Crippen molar-refractivity contribution in [3.05, 3.63) is 58.3 Å². The van der Waals surface area contributed by atoms with Crippen molar-refractivity contribution in [3.8, 4) is 0 Å². The van der Waals surface area contributed by atoms with Crippen molar-refractivity contribution >= 4 is 0 Å². The van der Waals surface area contributed by atoms with Crippen molar-refractivity contribution in [1.29, 1.82) is 0 Å². The molecule has 0 amide bonds. The van der Waals surface area contributed by atoms with Gasteiger partial charge < -0.3 is 9.73 Å². The SMILES string of the molecule is CCCNC(c1cc(F)c(F)cc1F)c1cc(C)oc1C. The van der Waals surface area contributed by atoms with Crippen LogP contribution in [0.2, 0.25) is 0 Å². The molecule has 1 aromatic heterocycles. The van der Waals surface area contributed by atoms with Crippen LogP contribution in [0.5, 0.6) is 0 Å². The largest absolute Gasteiger partial charge is 0.466 e. The fourth-order valence-corrected chi connectivity index (χ4v) is 2.37.